The molecule has 0 bridgehead atoms. The van der Waals surface area contributed by atoms with Crippen LogP contribution in [0.2, 0.25) is 0 Å². The summed E-state index contributed by atoms with van der Waals surface area (Å²) in [5, 5.41) is 5.33. The summed E-state index contributed by atoms with van der Waals surface area (Å²) >= 11 is 0. The summed E-state index contributed by atoms with van der Waals surface area (Å²) in [6.45, 7) is 3.87. The molecule has 128 valence electrons. The maximum atomic E-state index is 12.6. The third kappa shape index (κ3) is 5.07. The van der Waals surface area contributed by atoms with Crippen molar-refractivity contribution >= 4 is 17.9 Å². The van der Waals surface area contributed by atoms with E-state index in [1.54, 1.807) is 36.4 Å². The minimum absolute atomic E-state index is 0.143. The number of benzene rings is 2. The van der Waals surface area contributed by atoms with Crippen LogP contribution in [-0.4, -0.2) is 25.5 Å². The number of para-hydroxylation sites is 1. The summed E-state index contributed by atoms with van der Waals surface area (Å²) in [6, 6.07) is 16.1. The fraction of sp³-hybridized carbons (Fsp3) is 0.100. The van der Waals surface area contributed by atoms with Crippen LogP contribution >= 0.6 is 0 Å². The van der Waals surface area contributed by atoms with Gasteiger partial charge in [0.05, 0.1) is 12.7 Å². The monoisotopic (exact) mass is 336 g/mol. The lowest BCUT2D eigenvalue weighted by molar-refractivity contribution is -0.117. The van der Waals surface area contributed by atoms with Crippen LogP contribution in [0.15, 0.2) is 72.9 Å². The summed E-state index contributed by atoms with van der Waals surface area (Å²) < 4.78 is 5.20. The zero-order valence-corrected chi connectivity index (χ0v) is 14.0. The van der Waals surface area contributed by atoms with E-state index in [-0.39, 0.29) is 5.70 Å². The van der Waals surface area contributed by atoms with E-state index in [9.17, 15) is 9.59 Å². The van der Waals surface area contributed by atoms with Gasteiger partial charge >= 0.3 is 0 Å². The first kappa shape index (κ1) is 18.0. The Morgan fingerprint density at radius 3 is 2.44 bits per heavy atom. The van der Waals surface area contributed by atoms with Crippen molar-refractivity contribution in [1.82, 2.24) is 10.6 Å². The van der Waals surface area contributed by atoms with E-state index in [0.717, 1.165) is 5.56 Å². The Bertz CT molecular complexity index is 783. The molecule has 0 atom stereocenters. The number of ether oxygens (including phenoxy) is 1. The number of amides is 2. The quantitative estimate of drug-likeness (QED) is 0.603. The van der Waals surface area contributed by atoms with E-state index in [2.05, 4.69) is 17.2 Å². The van der Waals surface area contributed by atoms with E-state index in [0.29, 0.717) is 17.9 Å². The van der Waals surface area contributed by atoms with Gasteiger partial charge in [-0.25, -0.2) is 0 Å². The molecule has 0 aliphatic heterocycles. The van der Waals surface area contributed by atoms with Crippen LogP contribution in [0.3, 0.4) is 0 Å². The van der Waals surface area contributed by atoms with Crippen LogP contribution < -0.4 is 15.4 Å². The van der Waals surface area contributed by atoms with Crippen molar-refractivity contribution in [1.29, 1.82) is 0 Å². The minimum Gasteiger partial charge on any atom is -0.496 e. The Kier molecular flexibility index (Phi) is 6.54. The van der Waals surface area contributed by atoms with Gasteiger partial charge in [-0.15, -0.1) is 6.58 Å². The van der Waals surface area contributed by atoms with E-state index in [4.69, 9.17) is 4.74 Å². The van der Waals surface area contributed by atoms with Crippen molar-refractivity contribution in [3.63, 3.8) is 0 Å². The first-order chi connectivity index (χ1) is 12.2. The van der Waals surface area contributed by atoms with Gasteiger partial charge in [0.1, 0.15) is 11.4 Å². The van der Waals surface area contributed by atoms with Crippen molar-refractivity contribution < 1.29 is 14.3 Å². The second-order valence-electron chi connectivity index (χ2n) is 5.12. The molecular formula is C20H20N2O3. The number of nitrogens with one attached hydrogen (secondary N) is 2. The lowest BCUT2D eigenvalue weighted by Crippen LogP contribution is -2.35. The number of methoxy groups -OCH3 is 1. The normalized spacial score (nSPS) is 10.7. The molecule has 0 saturated heterocycles. The van der Waals surface area contributed by atoms with Gasteiger partial charge in [0.15, 0.2) is 0 Å². The van der Waals surface area contributed by atoms with Crippen molar-refractivity contribution in [3.8, 4) is 5.75 Å². The number of carbonyl (C=O) groups excluding carboxylic acids is 2. The lowest BCUT2D eigenvalue weighted by atomic mass is 10.1. The molecule has 2 amide bonds. The Balaban J connectivity index is 2.29. The van der Waals surface area contributed by atoms with E-state index in [1.807, 2.05) is 30.3 Å². The largest absolute Gasteiger partial charge is 0.496 e. The molecule has 0 aliphatic carbocycles. The molecule has 2 aromatic carbocycles. The molecule has 0 fully saturated rings. The van der Waals surface area contributed by atoms with Crippen molar-refractivity contribution in [2.24, 2.45) is 0 Å². The molecule has 25 heavy (non-hydrogen) atoms. The van der Waals surface area contributed by atoms with E-state index >= 15 is 0 Å². The van der Waals surface area contributed by atoms with Crippen LogP contribution in [-0.2, 0) is 4.79 Å². The van der Waals surface area contributed by atoms with Gasteiger partial charge in [-0.1, -0.05) is 48.5 Å². The van der Waals surface area contributed by atoms with Crippen molar-refractivity contribution in [2.75, 3.05) is 13.7 Å². The molecule has 0 unspecified atom stereocenters. The van der Waals surface area contributed by atoms with Crippen molar-refractivity contribution in [3.05, 3.63) is 84.1 Å². The van der Waals surface area contributed by atoms with Crippen LogP contribution in [0.25, 0.3) is 6.08 Å². The standard InChI is InChI=1S/C20H20N2O3/c1-3-13-21-20(24)17(14-15-9-5-4-6-10-15)22-19(23)16-11-7-8-12-18(16)25-2/h3-12,14H,1,13H2,2H3,(H,21,24)(H,22,23)/b17-14+. The van der Waals surface area contributed by atoms with Crippen LogP contribution in [0.1, 0.15) is 15.9 Å². The maximum absolute atomic E-state index is 12.6. The molecule has 2 rings (SSSR count). The summed E-state index contributed by atoms with van der Waals surface area (Å²) in [5.74, 6) is -0.383. The number of rotatable bonds is 7. The number of hydrogen-bond acceptors (Lipinski definition) is 3. The van der Waals surface area contributed by atoms with E-state index in [1.165, 1.54) is 7.11 Å². The fourth-order valence-electron chi connectivity index (χ4n) is 2.16. The summed E-state index contributed by atoms with van der Waals surface area (Å²) in [7, 11) is 1.49. The molecule has 5 heteroatoms. The zero-order valence-electron chi connectivity index (χ0n) is 14.0. The predicted molar refractivity (Wildman–Crippen MR) is 98.1 cm³/mol. The van der Waals surface area contributed by atoms with Gasteiger partial charge in [-0.05, 0) is 23.8 Å². The molecule has 0 saturated carbocycles. The average Bonchev–Trinajstić information content (AvgIpc) is 2.66. The molecule has 0 aromatic heterocycles. The number of carbonyl (C=O) groups is 2. The summed E-state index contributed by atoms with van der Waals surface area (Å²) in [5.41, 5.74) is 1.29. The predicted octanol–water partition coefficient (Wildman–Crippen LogP) is 2.77. The zero-order chi connectivity index (χ0) is 18.1. The SMILES string of the molecule is C=CCNC(=O)/C(=C\c1ccccc1)NC(=O)c1ccccc1OC. The average molecular weight is 336 g/mol. The molecule has 0 aliphatic rings. The van der Waals surface area contributed by atoms with Gasteiger partial charge in [0.2, 0.25) is 0 Å². The van der Waals surface area contributed by atoms with Gasteiger partial charge < -0.3 is 15.4 Å². The van der Waals surface area contributed by atoms with Crippen molar-refractivity contribution in [2.45, 2.75) is 0 Å². The van der Waals surface area contributed by atoms with Gasteiger partial charge in [0.25, 0.3) is 11.8 Å². The highest BCUT2D eigenvalue weighted by molar-refractivity contribution is 6.06. The maximum Gasteiger partial charge on any atom is 0.268 e. The Hall–Kier alpha value is -3.34. The smallest absolute Gasteiger partial charge is 0.268 e. The van der Waals surface area contributed by atoms with Gasteiger partial charge in [0, 0.05) is 6.54 Å². The Morgan fingerprint density at radius 1 is 1.08 bits per heavy atom. The molecule has 2 aromatic rings. The molecule has 5 nitrogen and oxygen atoms in total. The van der Waals surface area contributed by atoms with Gasteiger partial charge in [-0.3, -0.25) is 9.59 Å². The topological polar surface area (TPSA) is 67.4 Å². The van der Waals surface area contributed by atoms with Crippen LogP contribution in [0.5, 0.6) is 5.75 Å². The van der Waals surface area contributed by atoms with Gasteiger partial charge in [-0.2, -0.15) is 0 Å². The molecule has 2 N–H and O–H groups in total. The Labute approximate surface area is 147 Å². The third-order valence-electron chi connectivity index (χ3n) is 3.36. The number of hydrogen-bond donors (Lipinski definition) is 2. The molecule has 0 radical (unpaired) electrons. The highest BCUT2D eigenvalue weighted by Gasteiger charge is 2.16. The van der Waals surface area contributed by atoms with Crippen LogP contribution in [0.4, 0.5) is 0 Å². The Morgan fingerprint density at radius 2 is 1.76 bits per heavy atom. The fourth-order valence-corrected chi connectivity index (χ4v) is 2.16. The van der Waals surface area contributed by atoms with E-state index < -0.39 is 11.8 Å². The summed E-state index contributed by atoms with van der Waals surface area (Å²) in [4.78, 5) is 24.9. The highest BCUT2D eigenvalue weighted by Crippen LogP contribution is 2.17. The first-order valence-electron chi connectivity index (χ1n) is 7.76. The highest BCUT2D eigenvalue weighted by atomic mass is 16.5. The van der Waals surface area contributed by atoms with Crippen LogP contribution in [0, 0.1) is 0 Å². The lowest BCUT2D eigenvalue weighted by Gasteiger charge is -2.12. The minimum atomic E-state index is -0.423. The molecular weight excluding hydrogens is 316 g/mol. The second-order valence-corrected chi connectivity index (χ2v) is 5.12. The molecule has 0 spiro atoms. The summed E-state index contributed by atoms with van der Waals surface area (Å²) in [6.07, 6.45) is 3.19. The first-order valence-corrected chi connectivity index (χ1v) is 7.76. The molecule has 0 heterocycles. The third-order valence-corrected chi connectivity index (χ3v) is 3.36. The second kappa shape index (κ2) is 9.08.